The minimum Gasteiger partial charge on any atom is -0.493 e. The second-order valence-electron chi connectivity index (χ2n) is 7.13. The molecule has 2 aliphatic heterocycles. The van der Waals surface area contributed by atoms with Crippen molar-refractivity contribution in [3.05, 3.63) is 59.2 Å². The summed E-state index contributed by atoms with van der Waals surface area (Å²) in [4.78, 5) is 12.5. The van der Waals surface area contributed by atoms with E-state index < -0.39 is 0 Å². The van der Waals surface area contributed by atoms with E-state index in [1.807, 2.05) is 43.3 Å². The monoisotopic (exact) mass is 379 g/mol. The molecule has 2 heterocycles. The van der Waals surface area contributed by atoms with Gasteiger partial charge >= 0.3 is 0 Å². The number of amides is 1. The largest absolute Gasteiger partial charge is 0.493 e. The van der Waals surface area contributed by atoms with Crippen LogP contribution >= 0.6 is 0 Å². The highest BCUT2D eigenvalue weighted by molar-refractivity contribution is 5.92. The number of rotatable bonds is 5. The van der Waals surface area contributed by atoms with Crippen molar-refractivity contribution in [3.63, 3.8) is 0 Å². The molecule has 0 aliphatic carbocycles. The van der Waals surface area contributed by atoms with Gasteiger partial charge in [-0.25, -0.2) is 0 Å². The number of benzene rings is 2. The molecule has 28 heavy (non-hydrogen) atoms. The average molecular weight is 379 g/mol. The predicted molar refractivity (Wildman–Crippen MR) is 108 cm³/mol. The number of nitrogens with one attached hydrogen (secondary N) is 1. The Labute approximate surface area is 165 Å². The van der Waals surface area contributed by atoms with Gasteiger partial charge in [0.15, 0.2) is 0 Å². The Kier molecular flexibility index (Phi) is 5.24. The molecule has 0 aromatic heterocycles. The molecule has 5 nitrogen and oxygen atoms in total. The van der Waals surface area contributed by atoms with Crippen molar-refractivity contribution in [2.75, 3.05) is 13.2 Å². The zero-order chi connectivity index (χ0) is 19.5. The summed E-state index contributed by atoms with van der Waals surface area (Å²) < 4.78 is 17.3. The number of hydrogen-bond donors (Lipinski definition) is 1. The lowest BCUT2D eigenvalue weighted by molar-refractivity contribution is -0.117. The van der Waals surface area contributed by atoms with E-state index in [0.717, 1.165) is 46.8 Å². The summed E-state index contributed by atoms with van der Waals surface area (Å²) in [5, 5.41) is 3.08. The Morgan fingerprint density at radius 2 is 2.14 bits per heavy atom. The fourth-order valence-corrected chi connectivity index (χ4v) is 3.74. The third-order valence-electron chi connectivity index (χ3n) is 5.02. The molecule has 0 bridgehead atoms. The Morgan fingerprint density at radius 3 is 3.00 bits per heavy atom. The maximum Gasteiger partial charge on any atom is 0.244 e. The Balaban J connectivity index is 1.50. The molecule has 0 unspecified atom stereocenters. The molecule has 1 amide bonds. The third kappa shape index (κ3) is 3.84. The van der Waals surface area contributed by atoms with Crippen molar-refractivity contribution in [2.45, 2.75) is 38.8 Å². The minimum atomic E-state index is -0.140. The molecule has 0 spiro atoms. The summed E-state index contributed by atoms with van der Waals surface area (Å²) in [7, 11) is 0. The van der Waals surface area contributed by atoms with E-state index in [-0.39, 0.29) is 18.1 Å². The first-order valence-corrected chi connectivity index (χ1v) is 9.80. The van der Waals surface area contributed by atoms with Gasteiger partial charge in [-0.3, -0.25) is 4.79 Å². The number of fused-ring (bicyclic) bond motifs is 2. The van der Waals surface area contributed by atoms with Gasteiger partial charge in [-0.2, -0.15) is 0 Å². The standard InChI is InChI=1S/C23H25NO4/c1-3-26-21-14-17-12-15(2)28-22(17)13-16(21)8-9-23(25)24-19-10-11-27-20-7-5-4-6-18(19)20/h4-9,13-15,19H,3,10-12H2,1-2H3,(H,24,25)/b9-8+/t15-,19+/m0/s1. The summed E-state index contributed by atoms with van der Waals surface area (Å²) in [5.41, 5.74) is 3.01. The van der Waals surface area contributed by atoms with Crippen LogP contribution in [-0.4, -0.2) is 25.2 Å². The summed E-state index contributed by atoms with van der Waals surface area (Å²) >= 11 is 0. The minimum absolute atomic E-state index is 0.0438. The topological polar surface area (TPSA) is 56.8 Å². The van der Waals surface area contributed by atoms with Gasteiger partial charge in [0, 0.05) is 35.6 Å². The van der Waals surface area contributed by atoms with Crippen LogP contribution in [0.15, 0.2) is 42.5 Å². The second kappa shape index (κ2) is 7.97. The molecule has 0 saturated carbocycles. The lowest BCUT2D eigenvalue weighted by Gasteiger charge is -2.26. The lowest BCUT2D eigenvalue weighted by Crippen LogP contribution is -2.30. The lowest BCUT2D eigenvalue weighted by atomic mass is 10.0. The third-order valence-corrected chi connectivity index (χ3v) is 5.02. The van der Waals surface area contributed by atoms with E-state index >= 15 is 0 Å². The van der Waals surface area contributed by atoms with Crippen LogP contribution in [0.5, 0.6) is 17.2 Å². The van der Waals surface area contributed by atoms with Crippen molar-refractivity contribution < 1.29 is 19.0 Å². The quantitative estimate of drug-likeness (QED) is 0.796. The maximum absolute atomic E-state index is 12.5. The molecule has 5 heteroatoms. The fourth-order valence-electron chi connectivity index (χ4n) is 3.74. The molecule has 2 aliphatic rings. The average Bonchev–Trinajstić information content (AvgIpc) is 3.05. The Morgan fingerprint density at radius 1 is 1.29 bits per heavy atom. The van der Waals surface area contributed by atoms with Gasteiger partial charge in [0.2, 0.25) is 5.91 Å². The molecule has 0 fully saturated rings. The van der Waals surface area contributed by atoms with E-state index in [0.29, 0.717) is 13.2 Å². The zero-order valence-corrected chi connectivity index (χ0v) is 16.2. The molecule has 4 rings (SSSR count). The molecule has 2 aromatic rings. The molecular weight excluding hydrogens is 354 g/mol. The number of ether oxygens (including phenoxy) is 3. The highest BCUT2D eigenvalue weighted by atomic mass is 16.5. The molecule has 1 N–H and O–H groups in total. The molecule has 2 aromatic carbocycles. The number of hydrogen-bond acceptors (Lipinski definition) is 4. The van der Waals surface area contributed by atoms with Gasteiger partial charge in [-0.1, -0.05) is 18.2 Å². The zero-order valence-electron chi connectivity index (χ0n) is 16.2. The second-order valence-corrected chi connectivity index (χ2v) is 7.13. The van der Waals surface area contributed by atoms with Crippen LogP contribution in [-0.2, 0) is 11.2 Å². The highest BCUT2D eigenvalue weighted by Gasteiger charge is 2.23. The first kappa shape index (κ1) is 18.4. The van der Waals surface area contributed by atoms with Gasteiger partial charge in [0.1, 0.15) is 23.4 Å². The molecule has 146 valence electrons. The van der Waals surface area contributed by atoms with E-state index in [1.54, 1.807) is 12.2 Å². The first-order chi connectivity index (χ1) is 13.6. The van der Waals surface area contributed by atoms with Crippen LogP contribution in [0.3, 0.4) is 0 Å². The van der Waals surface area contributed by atoms with Crippen molar-refractivity contribution in [1.29, 1.82) is 0 Å². The summed E-state index contributed by atoms with van der Waals surface area (Å²) in [6.45, 7) is 5.17. The summed E-state index contributed by atoms with van der Waals surface area (Å²) in [6.07, 6.45) is 5.15. The SMILES string of the molecule is CCOc1cc2c(cc1/C=C/C(=O)N[C@@H]1CCOc3ccccc31)O[C@@H](C)C2. The highest BCUT2D eigenvalue weighted by Crippen LogP contribution is 2.36. The Bertz CT molecular complexity index is 905. The van der Waals surface area contributed by atoms with Crippen molar-refractivity contribution in [2.24, 2.45) is 0 Å². The van der Waals surface area contributed by atoms with Crippen LogP contribution in [0.1, 0.15) is 43.0 Å². The predicted octanol–water partition coefficient (Wildman–Crippen LogP) is 4.06. The van der Waals surface area contributed by atoms with Crippen LogP contribution in [0, 0.1) is 0 Å². The van der Waals surface area contributed by atoms with Gasteiger partial charge in [0.25, 0.3) is 0 Å². The van der Waals surface area contributed by atoms with Crippen molar-refractivity contribution in [1.82, 2.24) is 5.32 Å². The molecular formula is C23H25NO4. The van der Waals surface area contributed by atoms with Gasteiger partial charge < -0.3 is 19.5 Å². The maximum atomic E-state index is 12.5. The summed E-state index contributed by atoms with van der Waals surface area (Å²) in [5.74, 6) is 2.35. The van der Waals surface area contributed by atoms with Crippen molar-refractivity contribution >= 4 is 12.0 Å². The number of carbonyl (C=O) groups excluding carboxylic acids is 1. The fraction of sp³-hybridized carbons (Fsp3) is 0.348. The van der Waals surface area contributed by atoms with Gasteiger partial charge in [-0.15, -0.1) is 0 Å². The van der Waals surface area contributed by atoms with E-state index in [2.05, 4.69) is 12.2 Å². The van der Waals surface area contributed by atoms with Gasteiger partial charge in [0.05, 0.1) is 19.3 Å². The van der Waals surface area contributed by atoms with Crippen LogP contribution in [0.2, 0.25) is 0 Å². The normalized spacial score (nSPS) is 20.1. The van der Waals surface area contributed by atoms with Crippen LogP contribution in [0.4, 0.5) is 0 Å². The molecule has 0 saturated heterocycles. The Hall–Kier alpha value is -2.95. The molecule has 0 radical (unpaired) electrons. The first-order valence-electron chi connectivity index (χ1n) is 9.80. The van der Waals surface area contributed by atoms with Gasteiger partial charge in [-0.05, 0) is 38.1 Å². The number of para-hydroxylation sites is 1. The van der Waals surface area contributed by atoms with Crippen molar-refractivity contribution in [3.8, 4) is 17.2 Å². The van der Waals surface area contributed by atoms with Crippen LogP contribution < -0.4 is 19.5 Å². The van der Waals surface area contributed by atoms with Crippen LogP contribution in [0.25, 0.3) is 6.08 Å². The summed E-state index contributed by atoms with van der Waals surface area (Å²) in [6, 6.07) is 11.8. The smallest absolute Gasteiger partial charge is 0.244 e. The van der Waals surface area contributed by atoms with E-state index in [9.17, 15) is 4.79 Å². The molecule has 2 atom stereocenters. The van der Waals surface area contributed by atoms with E-state index in [4.69, 9.17) is 14.2 Å². The number of carbonyl (C=O) groups is 1. The van der Waals surface area contributed by atoms with E-state index in [1.165, 1.54) is 0 Å².